The van der Waals surface area contributed by atoms with Crippen molar-refractivity contribution in [2.24, 2.45) is 7.05 Å². The second-order valence-electron chi connectivity index (χ2n) is 7.60. The van der Waals surface area contributed by atoms with Crippen LogP contribution in [0, 0.1) is 12.7 Å². The van der Waals surface area contributed by atoms with Crippen molar-refractivity contribution in [3.05, 3.63) is 94.9 Å². The first kappa shape index (κ1) is 21.8. The van der Waals surface area contributed by atoms with Gasteiger partial charge in [0.05, 0.1) is 22.5 Å². The first-order chi connectivity index (χ1) is 15.4. The molecule has 0 radical (unpaired) electrons. The molecule has 0 spiro atoms. The number of halogens is 2. The van der Waals surface area contributed by atoms with Crippen molar-refractivity contribution in [1.29, 1.82) is 0 Å². The van der Waals surface area contributed by atoms with Crippen LogP contribution in [-0.4, -0.2) is 24.6 Å². The molecule has 0 bridgehead atoms. The van der Waals surface area contributed by atoms with E-state index in [2.05, 4.69) is 33.9 Å². The lowest BCUT2D eigenvalue weighted by atomic mass is 9.99. The number of nitrogens with zero attached hydrogens (tertiary/aromatic N) is 5. The van der Waals surface area contributed by atoms with Crippen molar-refractivity contribution in [2.75, 3.05) is 5.32 Å². The van der Waals surface area contributed by atoms with Crippen molar-refractivity contribution in [1.82, 2.24) is 24.6 Å². The van der Waals surface area contributed by atoms with Gasteiger partial charge in [-0.25, -0.2) is 14.4 Å². The van der Waals surface area contributed by atoms with Crippen LogP contribution in [0.5, 0.6) is 0 Å². The predicted molar refractivity (Wildman–Crippen MR) is 126 cm³/mol. The fourth-order valence-corrected chi connectivity index (χ4v) is 3.87. The maximum Gasteiger partial charge on any atom is 0.228 e. The van der Waals surface area contributed by atoms with E-state index in [1.165, 1.54) is 6.07 Å². The molecule has 0 fully saturated rings. The van der Waals surface area contributed by atoms with E-state index in [1.807, 2.05) is 55.4 Å². The zero-order valence-corrected chi connectivity index (χ0v) is 18.9. The quantitative estimate of drug-likeness (QED) is 0.504. The van der Waals surface area contributed by atoms with Crippen LogP contribution in [0.1, 0.15) is 36.3 Å². The fraction of sp³-hybridized carbons (Fsp3) is 0.208. The van der Waals surface area contributed by atoms with Gasteiger partial charge in [0.25, 0.3) is 0 Å². The molecule has 0 saturated heterocycles. The molecular weight excluding hydrogens is 427 g/mol. The summed E-state index contributed by atoms with van der Waals surface area (Å²) in [6, 6.07) is 8.65. The zero-order chi connectivity index (χ0) is 22.8. The Kier molecular flexibility index (Phi) is 6.10. The van der Waals surface area contributed by atoms with E-state index < -0.39 is 5.82 Å². The van der Waals surface area contributed by atoms with Gasteiger partial charge in [0.15, 0.2) is 0 Å². The number of aromatic nitrogens is 4. The summed E-state index contributed by atoms with van der Waals surface area (Å²) in [5, 5.41) is 7.64. The summed E-state index contributed by atoms with van der Waals surface area (Å²) in [6.45, 7) is 8.20. The van der Waals surface area contributed by atoms with Crippen molar-refractivity contribution in [3.63, 3.8) is 0 Å². The van der Waals surface area contributed by atoms with E-state index in [9.17, 15) is 4.39 Å². The zero-order valence-electron chi connectivity index (χ0n) is 18.2. The van der Waals surface area contributed by atoms with Crippen LogP contribution in [0.25, 0.3) is 5.57 Å². The molecule has 1 unspecified atom stereocenters. The number of allylic oxidation sites excluding steroid dienone is 3. The molecule has 2 aromatic heterocycles. The average molecular weight is 451 g/mol. The van der Waals surface area contributed by atoms with Gasteiger partial charge in [0, 0.05) is 36.8 Å². The number of benzene rings is 1. The highest BCUT2D eigenvalue weighted by atomic mass is 35.5. The van der Waals surface area contributed by atoms with E-state index >= 15 is 0 Å². The monoisotopic (exact) mass is 450 g/mol. The third kappa shape index (κ3) is 4.43. The summed E-state index contributed by atoms with van der Waals surface area (Å²) >= 11 is 5.85. The second kappa shape index (κ2) is 8.96. The Bertz CT molecular complexity index is 1230. The highest BCUT2D eigenvalue weighted by Gasteiger charge is 2.21. The predicted octanol–water partition coefficient (Wildman–Crippen LogP) is 5.93. The minimum Gasteiger partial charge on any atom is -0.341 e. The molecule has 0 saturated carbocycles. The van der Waals surface area contributed by atoms with Crippen molar-refractivity contribution in [2.45, 2.75) is 26.3 Å². The number of hydrogen-bond donors (Lipinski definition) is 1. The third-order valence-corrected chi connectivity index (χ3v) is 5.62. The summed E-state index contributed by atoms with van der Waals surface area (Å²) in [4.78, 5) is 11.0. The van der Waals surface area contributed by atoms with Crippen molar-refractivity contribution < 1.29 is 4.39 Å². The molecule has 0 amide bonds. The maximum atomic E-state index is 14.0. The summed E-state index contributed by atoms with van der Waals surface area (Å²) in [5.74, 6) is 0.871. The lowest BCUT2D eigenvalue weighted by Crippen LogP contribution is -2.23. The molecule has 1 aliphatic rings. The van der Waals surface area contributed by atoms with Gasteiger partial charge in [0.1, 0.15) is 11.6 Å². The molecule has 4 rings (SSSR count). The fourth-order valence-electron chi connectivity index (χ4n) is 3.76. The Morgan fingerprint density at radius 1 is 1.25 bits per heavy atom. The van der Waals surface area contributed by atoms with Gasteiger partial charge in [-0.2, -0.15) is 5.10 Å². The highest BCUT2D eigenvalue weighted by molar-refractivity contribution is 6.30. The van der Waals surface area contributed by atoms with E-state index in [1.54, 1.807) is 16.9 Å². The van der Waals surface area contributed by atoms with Crippen LogP contribution in [0.4, 0.5) is 16.2 Å². The third-order valence-electron chi connectivity index (χ3n) is 5.31. The molecule has 1 aliphatic heterocycles. The SMILES string of the molecule is C=C1C=C(c2ccnc(Nc3cc(C)nn3C)n2)C=CN1C(CC)c1ccc(Cl)c(F)c1. The number of nitrogens with one attached hydrogen (secondary N) is 1. The Morgan fingerprint density at radius 3 is 2.72 bits per heavy atom. The topological polar surface area (TPSA) is 58.9 Å². The summed E-state index contributed by atoms with van der Waals surface area (Å²) in [5.41, 5.74) is 4.22. The average Bonchev–Trinajstić information content (AvgIpc) is 3.09. The second-order valence-corrected chi connectivity index (χ2v) is 8.00. The highest BCUT2D eigenvalue weighted by Crippen LogP contribution is 2.34. The van der Waals surface area contributed by atoms with Crippen LogP contribution < -0.4 is 5.32 Å². The molecule has 32 heavy (non-hydrogen) atoms. The van der Waals surface area contributed by atoms with Gasteiger partial charge >= 0.3 is 0 Å². The first-order valence-electron chi connectivity index (χ1n) is 10.3. The summed E-state index contributed by atoms with van der Waals surface area (Å²) in [7, 11) is 1.86. The standard InChI is InChI=1S/C24H24ClFN6/c1-5-22(18-6-7-19(25)20(26)14-18)32-11-9-17(13-16(32)3)21-8-10-27-24(28-21)29-23-12-15(2)30-31(23)4/h6-14,22H,3,5H2,1-2,4H3,(H,27,28,29). The maximum absolute atomic E-state index is 14.0. The summed E-state index contributed by atoms with van der Waals surface area (Å²) < 4.78 is 15.8. The molecule has 6 nitrogen and oxygen atoms in total. The molecule has 164 valence electrons. The van der Waals surface area contributed by atoms with E-state index in [0.29, 0.717) is 5.95 Å². The molecule has 1 N–H and O–H groups in total. The molecule has 8 heteroatoms. The van der Waals surface area contributed by atoms with E-state index in [-0.39, 0.29) is 11.1 Å². The lowest BCUT2D eigenvalue weighted by molar-refractivity contribution is 0.344. The van der Waals surface area contributed by atoms with Gasteiger partial charge in [-0.15, -0.1) is 0 Å². The molecule has 1 atom stereocenters. The van der Waals surface area contributed by atoms with Crippen LogP contribution in [-0.2, 0) is 7.05 Å². The Labute approximate surface area is 191 Å². The lowest BCUT2D eigenvalue weighted by Gasteiger charge is -2.33. The van der Waals surface area contributed by atoms with Gasteiger partial charge in [-0.1, -0.05) is 31.2 Å². The van der Waals surface area contributed by atoms with Gasteiger partial charge < -0.3 is 10.2 Å². The first-order valence-corrected chi connectivity index (χ1v) is 10.7. The Balaban J connectivity index is 1.55. The molecule has 3 aromatic rings. The van der Waals surface area contributed by atoms with Crippen molar-refractivity contribution >= 4 is 28.9 Å². The van der Waals surface area contributed by atoms with E-state index in [4.69, 9.17) is 11.6 Å². The number of hydrogen-bond acceptors (Lipinski definition) is 5. The minimum absolute atomic E-state index is 0.0565. The Hall–Kier alpha value is -3.45. The molecule has 0 aliphatic carbocycles. The van der Waals surface area contributed by atoms with Gasteiger partial charge in [-0.3, -0.25) is 4.68 Å². The van der Waals surface area contributed by atoms with Crippen LogP contribution in [0.3, 0.4) is 0 Å². The molecule has 3 heterocycles. The van der Waals surface area contributed by atoms with Gasteiger partial charge in [-0.05, 0) is 49.3 Å². The van der Waals surface area contributed by atoms with E-state index in [0.717, 1.165) is 40.5 Å². The minimum atomic E-state index is -0.421. The number of aryl methyl sites for hydroxylation is 2. The smallest absolute Gasteiger partial charge is 0.228 e. The Morgan fingerprint density at radius 2 is 2.06 bits per heavy atom. The number of rotatable bonds is 6. The van der Waals surface area contributed by atoms with Crippen LogP contribution in [0.2, 0.25) is 5.02 Å². The normalized spacial score (nSPS) is 14.5. The summed E-state index contributed by atoms with van der Waals surface area (Å²) in [6.07, 6.45) is 8.39. The number of anilines is 2. The van der Waals surface area contributed by atoms with Crippen LogP contribution in [0.15, 0.2) is 67.2 Å². The van der Waals surface area contributed by atoms with Gasteiger partial charge in [0.2, 0.25) is 5.95 Å². The van der Waals surface area contributed by atoms with Crippen LogP contribution >= 0.6 is 11.6 Å². The largest absolute Gasteiger partial charge is 0.341 e. The molecular formula is C24H24ClFN6. The van der Waals surface area contributed by atoms with Crippen molar-refractivity contribution in [3.8, 4) is 0 Å². The molecule has 1 aromatic carbocycles.